The molecule has 1 atom stereocenters. The average Bonchev–Trinajstić information content (AvgIpc) is 2.33. The maximum atomic E-state index is 11.3. The normalized spacial score (nSPS) is 11.9. The summed E-state index contributed by atoms with van der Waals surface area (Å²) < 4.78 is 9.46. The molecule has 0 radical (unpaired) electrons. The lowest BCUT2D eigenvalue weighted by atomic mass is 10.2. The molecule has 0 rings (SSSR count). The highest BCUT2D eigenvalue weighted by atomic mass is 32.2. The van der Waals surface area contributed by atoms with E-state index in [-0.39, 0.29) is 17.8 Å². The van der Waals surface area contributed by atoms with Crippen molar-refractivity contribution in [1.82, 2.24) is 5.32 Å². The van der Waals surface area contributed by atoms with Crippen molar-refractivity contribution in [3.63, 3.8) is 0 Å². The van der Waals surface area contributed by atoms with Crippen LogP contribution in [0.1, 0.15) is 13.3 Å². The fourth-order valence-corrected chi connectivity index (χ4v) is 1.99. The second-order valence-corrected chi connectivity index (χ2v) is 4.67. The molecular weight excluding hydrogens is 242 g/mol. The van der Waals surface area contributed by atoms with E-state index in [1.807, 2.05) is 0 Å². The molecule has 0 aromatic rings. The Morgan fingerprint density at radius 3 is 2.65 bits per heavy atom. The summed E-state index contributed by atoms with van der Waals surface area (Å²) in [6.45, 7) is 3.06. The van der Waals surface area contributed by atoms with Crippen molar-refractivity contribution in [1.29, 1.82) is 0 Å². The number of nitrogens with one attached hydrogen (secondary N) is 1. The third kappa shape index (κ3) is 9.00. The number of methoxy groups -OCH3 is 2. The molecule has 1 amide bonds. The second-order valence-electron chi connectivity index (χ2n) is 3.64. The molecule has 0 saturated carbocycles. The van der Waals surface area contributed by atoms with Crippen LogP contribution < -0.4 is 5.32 Å². The Balaban J connectivity index is 3.47. The van der Waals surface area contributed by atoms with E-state index < -0.39 is 0 Å². The Morgan fingerprint density at radius 1 is 1.35 bits per heavy atom. The van der Waals surface area contributed by atoms with Gasteiger partial charge in [-0.25, -0.2) is 0 Å². The summed E-state index contributed by atoms with van der Waals surface area (Å²) in [7, 11) is 3.00. The number of hydrogen-bond acceptors (Lipinski definition) is 5. The number of amides is 1. The van der Waals surface area contributed by atoms with Gasteiger partial charge in [-0.15, -0.1) is 0 Å². The van der Waals surface area contributed by atoms with Crippen LogP contribution in [-0.2, 0) is 19.1 Å². The van der Waals surface area contributed by atoms with Crippen molar-refractivity contribution in [2.24, 2.45) is 5.92 Å². The van der Waals surface area contributed by atoms with Crippen molar-refractivity contribution >= 4 is 23.6 Å². The molecule has 0 aliphatic heterocycles. The number of carbonyl (C=O) groups excluding carboxylic acids is 2. The van der Waals surface area contributed by atoms with Crippen LogP contribution in [-0.4, -0.2) is 50.8 Å². The van der Waals surface area contributed by atoms with Gasteiger partial charge in [-0.2, -0.15) is 11.8 Å². The van der Waals surface area contributed by atoms with Crippen LogP contribution in [0.25, 0.3) is 0 Å². The highest BCUT2D eigenvalue weighted by molar-refractivity contribution is 7.99. The van der Waals surface area contributed by atoms with Gasteiger partial charge in [0.2, 0.25) is 5.91 Å². The standard InChI is InChI=1S/C11H21NO4S/c1-9(11(14)16-3)7-17-8-10(13)12-5-4-6-15-2/h9H,4-8H2,1-3H3,(H,12,13). The van der Waals surface area contributed by atoms with Crippen LogP contribution in [0.3, 0.4) is 0 Å². The molecule has 0 aliphatic carbocycles. The molecule has 0 heterocycles. The molecule has 100 valence electrons. The summed E-state index contributed by atoms with van der Waals surface area (Å²) in [5.74, 6) is 0.541. The van der Waals surface area contributed by atoms with Gasteiger partial charge in [0.1, 0.15) is 0 Å². The van der Waals surface area contributed by atoms with Gasteiger partial charge >= 0.3 is 5.97 Å². The maximum Gasteiger partial charge on any atom is 0.309 e. The van der Waals surface area contributed by atoms with E-state index in [0.717, 1.165) is 6.42 Å². The highest BCUT2D eigenvalue weighted by Crippen LogP contribution is 2.09. The summed E-state index contributed by atoms with van der Waals surface area (Å²) in [6.07, 6.45) is 0.811. The number of rotatable bonds is 9. The van der Waals surface area contributed by atoms with Crippen LogP contribution in [0.2, 0.25) is 0 Å². The first kappa shape index (κ1) is 16.2. The van der Waals surface area contributed by atoms with Gasteiger partial charge in [-0.05, 0) is 6.42 Å². The number of thioether (sulfide) groups is 1. The third-order valence-corrected chi connectivity index (χ3v) is 3.25. The van der Waals surface area contributed by atoms with Crippen molar-refractivity contribution in [2.75, 3.05) is 38.9 Å². The van der Waals surface area contributed by atoms with Crippen LogP contribution in [0.5, 0.6) is 0 Å². The van der Waals surface area contributed by atoms with E-state index in [9.17, 15) is 9.59 Å². The summed E-state index contributed by atoms with van der Waals surface area (Å²) in [6, 6.07) is 0. The third-order valence-electron chi connectivity index (χ3n) is 2.05. The molecular formula is C11H21NO4S. The van der Waals surface area contributed by atoms with E-state index in [4.69, 9.17) is 4.74 Å². The van der Waals surface area contributed by atoms with Crippen LogP contribution in [0.4, 0.5) is 0 Å². The second kappa shape index (κ2) is 10.4. The predicted octanol–water partition coefficient (Wildman–Crippen LogP) is 0.681. The SMILES string of the molecule is COCCCNC(=O)CSCC(C)C(=O)OC. The Hall–Kier alpha value is -0.750. The molecule has 0 aliphatic rings. The maximum absolute atomic E-state index is 11.3. The average molecular weight is 263 g/mol. The first-order chi connectivity index (χ1) is 8.11. The molecule has 0 spiro atoms. The zero-order chi connectivity index (χ0) is 13.1. The van der Waals surface area contributed by atoms with Crippen LogP contribution >= 0.6 is 11.8 Å². The number of hydrogen-bond donors (Lipinski definition) is 1. The fourth-order valence-electron chi connectivity index (χ4n) is 1.09. The van der Waals surface area contributed by atoms with Crippen molar-refractivity contribution in [2.45, 2.75) is 13.3 Å². The fraction of sp³-hybridized carbons (Fsp3) is 0.818. The van der Waals surface area contributed by atoms with E-state index in [0.29, 0.717) is 24.7 Å². The van der Waals surface area contributed by atoms with Gasteiger partial charge in [-0.1, -0.05) is 6.92 Å². The molecule has 0 saturated heterocycles. The summed E-state index contributed by atoms with van der Waals surface area (Å²) in [5.41, 5.74) is 0. The molecule has 6 heteroatoms. The minimum absolute atomic E-state index is 0.0110. The minimum atomic E-state index is -0.238. The largest absolute Gasteiger partial charge is 0.469 e. The number of ether oxygens (including phenoxy) is 2. The van der Waals surface area contributed by atoms with E-state index >= 15 is 0 Å². The molecule has 0 aromatic heterocycles. The summed E-state index contributed by atoms with van der Waals surface area (Å²) in [5, 5.41) is 2.78. The number of esters is 1. The van der Waals surface area contributed by atoms with E-state index in [1.54, 1.807) is 14.0 Å². The molecule has 5 nitrogen and oxygen atoms in total. The molecule has 0 fully saturated rings. The molecule has 1 unspecified atom stereocenters. The zero-order valence-electron chi connectivity index (χ0n) is 10.7. The van der Waals surface area contributed by atoms with Gasteiger partial charge < -0.3 is 14.8 Å². The molecule has 1 N–H and O–H groups in total. The van der Waals surface area contributed by atoms with Crippen LogP contribution in [0.15, 0.2) is 0 Å². The van der Waals surface area contributed by atoms with Crippen molar-refractivity contribution in [3.05, 3.63) is 0 Å². The summed E-state index contributed by atoms with van der Waals surface area (Å²) >= 11 is 1.43. The zero-order valence-corrected chi connectivity index (χ0v) is 11.5. The first-order valence-electron chi connectivity index (χ1n) is 5.53. The Bertz CT molecular complexity index is 236. The lowest BCUT2D eigenvalue weighted by molar-refractivity contribution is -0.144. The van der Waals surface area contributed by atoms with Gasteiger partial charge in [0, 0.05) is 26.0 Å². The Morgan fingerprint density at radius 2 is 2.06 bits per heavy atom. The predicted molar refractivity (Wildman–Crippen MR) is 68.0 cm³/mol. The van der Waals surface area contributed by atoms with Gasteiger partial charge in [0.15, 0.2) is 0 Å². The Labute approximate surface area is 107 Å². The van der Waals surface area contributed by atoms with Gasteiger partial charge in [-0.3, -0.25) is 9.59 Å². The smallest absolute Gasteiger partial charge is 0.309 e. The highest BCUT2D eigenvalue weighted by Gasteiger charge is 2.13. The quantitative estimate of drug-likeness (QED) is 0.489. The van der Waals surface area contributed by atoms with Crippen molar-refractivity contribution < 1.29 is 19.1 Å². The molecule has 17 heavy (non-hydrogen) atoms. The van der Waals surface area contributed by atoms with Crippen LogP contribution in [0, 0.1) is 5.92 Å². The monoisotopic (exact) mass is 263 g/mol. The number of carbonyl (C=O) groups is 2. The lowest BCUT2D eigenvalue weighted by Crippen LogP contribution is -2.27. The van der Waals surface area contributed by atoms with Gasteiger partial charge in [0.25, 0.3) is 0 Å². The topological polar surface area (TPSA) is 64.6 Å². The van der Waals surface area contributed by atoms with Crippen molar-refractivity contribution in [3.8, 4) is 0 Å². The van der Waals surface area contributed by atoms with E-state index in [1.165, 1.54) is 18.9 Å². The molecule has 0 bridgehead atoms. The van der Waals surface area contributed by atoms with E-state index in [2.05, 4.69) is 10.1 Å². The molecule has 0 aromatic carbocycles. The first-order valence-corrected chi connectivity index (χ1v) is 6.68. The van der Waals surface area contributed by atoms with Gasteiger partial charge in [0.05, 0.1) is 18.8 Å². The summed E-state index contributed by atoms with van der Waals surface area (Å²) in [4.78, 5) is 22.4. The minimum Gasteiger partial charge on any atom is -0.469 e. The Kier molecular flexibility index (Phi) is 9.95. The lowest BCUT2D eigenvalue weighted by Gasteiger charge is -2.08.